The summed E-state index contributed by atoms with van der Waals surface area (Å²) >= 11 is 0. The van der Waals surface area contributed by atoms with Gasteiger partial charge in [-0.25, -0.2) is 4.98 Å². The van der Waals surface area contributed by atoms with Gasteiger partial charge in [-0.15, -0.1) is 0 Å². The minimum Gasteiger partial charge on any atom is -0.365 e. The van der Waals surface area contributed by atoms with E-state index in [1.165, 1.54) is 0 Å². The maximum absolute atomic E-state index is 4.91. The summed E-state index contributed by atoms with van der Waals surface area (Å²) in [6, 6.07) is 7.85. The minimum absolute atomic E-state index is 0.650. The topological polar surface area (TPSA) is 35.0 Å². The van der Waals surface area contributed by atoms with Crippen molar-refractivity contribution in [3.63, 3.8) is 0 Å². The van der Waals surface area contributed by atoms with Crippen LogP contribution in [0, 0.1) is 0 Å². The van der Waals surface area contributed by atoms with Gasteiger partial charge in [0, 0.05) is 22.1 Å². The smallest absolute Gasteiger partial charge is 0.0890 e. The molecular formula is C10H11N2OP. The summed E-state index contributed by atoms with van der Waals surface area (Å²) < 4.78 is 4.91. The Labute approximate surface area is 84.8 Å². The second-order valence-corrected chi connectivity index (χ2v) is 3.30. The van der Waals surface area contributed by atoms with E-state index in [9.17, 15) is 0 Å². The molecule has 0 aliphatic heterocycles. The highest BCUT2D eigenvalue weighted by Crippen LogP contribution is 2.08. The third-order valence-electron chi connectivity index (χ3n) is 1.97. The van der Waals surface area contributed by atoms with Gasteiger partial charge in [-0.1, -0.05) is 12.1 Å². The van der Waals surface area contributed by atoms with Gasteiger partial charge < -0.3 is 4.52 Å². The monoisotopic (exact) mass is 206 g/mol. The zero-order valence-corrected chi connectivity index (χ0v) is 8.84. The maximum Gasteiger partial charge on any atom is 0.0890 e. The molecule has 3 nitrogen and oxygen atoms in total. The Balaban J connectivity index is 2.32. The summed E-state index contributed by atoms with van der Waals surface area (Å²) in [7, 11) is 2.23. The second-order valence-electron chi connectivity index (χ2n) is 2.97. The van der Waals surface area contributed by atoms with E-state index in [4.69, 9.17) is 4.52 Å². The van der Waals surface area contributed by atoms with Gasteiger partial charge in [0.25, 0.3) is 0 Å². The van der Waals surface area contributed by atoms with Gasteiger partial charge in [0.2, 0.25) is 0 Å². The summed E-state index contributed by atoms with van der Waals surface area (Å²) in [5, 5.41) is 0. The lowest BCUT2D eigenvalue weighted by atomic mass is 10.2. The van der Waals surface area contributed by atoms with Gasteiger partial charge in [0.15, 0.2) is 0 Å². The fourth-order valence-corrected chi connectivity index (χ4v) is 1.40. The summed E-state index contributed by atoms with van der Waals surface area (Å²) in [5.74, 6) is 0. The number of nitrogens with zero attached hydrogens (tertiary/aromatic N) is 2. The Kier molecular flexibility index (Phi) is 3.02. The van der Waals surface area contributed by atoms with Crippen molar-refractivity contribution in [3.05, 3.63) is 36.2 Å². The quantitative estimate of drug-likeness (QED) is 0.720. The van der Waals surface area contributed by atoms with Crippen molar-refractivity contribution in [3.8, 4) is 0 Å². The van der Waals surface area contributed by atoms with E-state index in [2.05, 4.69) is 19.4 Å². The van der Waals surface area contributed by atoms with E-state index >= 15 is 0 Å². The molecule has 2 rings (SSSR count). The number of aromatic nitrogens is 2. The third kappa shape index (κ3) is 2.06. The zero-order chi connectivity index (χ0) is 9.80. The molecule has 0 fully saturated rings. The van der Waals surface area contributed by atoms with Gasteiger partial charge in [0.1, 0.15) is 0 Å². The van der Waals surface area contributed by atoms with Crippen molar-refractivity contribution in [1.29, 1.82) is 0 Å². The highest BCUT2D eigenvalue weighted by Gasteiger charge is 1.98. The third-order valence-corrected chi connectivity index (χ3v) is 2.21. The van der Waals surface area contributed by atoms with Crippen LogP contribution in [-0.2, 0) is 10.9 Å². The van der Waals surface area contributed by atoms with Gasteiger partial charge in [-0.2, -0.15) is 0 Å². The fourth-order valence-electron chi connectivity index (χ4n) is 1.28. The number of hydrogen-bond donors (Lipinski definition) is 0. The summed E-state index contributed by atoms with van der Waals surface area (Å²) in [4.78, 5) is 8.77. The molecule has 0 bridgehead atoms. The Hall–Kier alpha value is -1.05. The summed E-state index contributed by atoms with van der Waals surface area (Å²) in [5.41, 5.74) is 2.84. The Morgan fingerprint density at radius 2 is 2.00 bits per heavy atom. The average Bonchev–Trinajstić information content (AvgIpc) is 2.26. The van der Waals surface area contributed by atoms with Crippen LogP contribution < -0.4 is 0 Å². The van der Waals surface area contributed by atoms with Crippen molar-refractivity contribution in [2.24, 2.45) is 0 Å². The number of fused-ring (bicyclic) bond motifs is 1. The first kappa shape index (κ1) is 9.50. The van der Waals surface area contributed by atoms with Crippen LogP contribution in [0.3, 0.4) is 0 Å². The Bertz CT molecular complexity index is 433. The highest BCUT2D eigenvalue weighted by atomic mass is 31.0. The first-order valence-corrected chi connectivity index (χ1v) is 4.89. The van der Waals surface area contributed by atoms with Crippen LogP contribution in [0.25, 0.3) is 11.0 Å². The van der Waals surface area contributed by atoms with E-state index in [1.807, 2.05) is 24.3 Å². The lowest BCUT2D eigenvalue weighted by Crippen LogP contribution is -1.96. The summed E-state index contributed by atoms with van der Waals surface area (Å²) in [6.45, 7) is 0.650. The van der Waals surface area contributed by atoms with Gasteiger partial charge in [-0.05, 0) is 12.1 Å². The first-order chi connectivity index (χ1) is 6.90. The molecule has 0 saturated heterocycles. The number of para-hydroxylation sites is 2. The molecule has 0 amide bonds. The van der Waals surface area contributed by atoms with Crippen molar-refractivity contribution in [1.82, 2.24) is 9.97 Å². The van der Waals surface area contributed by atoms with Crippen molar-refractivity contribution >= 4 is 20.5 Å². The molecule has 1 atom stereocenters. The molecule has 1 unspecified atom stereocenters. The van der Waals surface area contributed by atoms with E-state index in [0.29, 0.717) is 6.61 Å². The van der Waals surface area contributed by atoms with Crippen LogP contribution in [0.5, 0.6) is 0 Å². The van der Waals surface area contributed by atoms with Gasteiger partial charge >= 0.3 is 0 Å². The molecule has 0 N–H and O–H groups in total. The standard InChI is InChI=1S/C10H11N2OP/c14-13-6-5-8-7-11-9-3-1-2-4-10(9)12-8/h1-4,7H,5-6,14H2. The normalized spacial score (nSPS) is 10.6. The minimum atomic E-state index is 0.650. The molecule has 0 spiro atoms. The zero-order valence-electron chi connectivity index (χ0n) is 7.68. The van der Waals surface area contributed by atoms with E-state index < -0.39 is 0 Å². The molecule has 1 aromatic heterocycles. The highest BCUT2D eigenvalue weighted by molar-refractivity contribution is 7.09. The van der Waals surface area contributed by atoms with Crippen molar-refractivity contribution in [2.45, 2.75) is 6.42 Å². The first-order valence-electron chi connectivity index (χ1n) is 4.42. The second kappa shape index (κ2) is 4.45. The fraction of sp³-hybridized carbons (Fsp3) is 0.200. The molecular weight excluding hydrogens is 195 g/mol. The molecule has 1 aromatic carbocycles. The lowest BCUT2D eigenvalue weighted by Gasteiger charge is -2.00. The van der Waals surface area contributed by atoms with Crippen LogP contribution in [0.4, 0.5) is 0 Å². The molecule has 0 aliphatic rings. The molecule has 0 radical (unpaired) electrons. The maximum atomic E-state index is 4.91. The molecule has 1 heterocycles. The Morgan fingerprint density at radius 3 is 2.79 bits per heavy atom. The van der Waals surface area contributed by atoms with Crippen LogP contribution in [0.1, 0.15) is 5.69 Å². The lowest BCUT2D eigenvalue weighted by molar-refractivity contribution is 0.375. The van der Waals surface area contributed by atoms with E-state index in [1.54, 1.807) is 6.20 Å². The SMILES string of the molecule is POCCc1cnc2ccccc2n1. The van der Waals surface area contributed by atoms with Crippen molar-refractivity contribution < 1.29 is 4.52 Å². The molecule has 72 valence electrons. The molecule has 2 aromatic rings. The number of rotatable bonds is 3. The van der Waals surface area contributed by atoms with E-state index in [-0.39, 0.29) is 0 Å². The van der Waals surface area contributed by atoms with Gasteiger partial charge in [-0.3, -0.25) is 4.98 Å². The van der Waals surface area contributed by atoms with Crippen LogP contribution in [-0.4, -0.2) is 16.6 Å². The van der Waals surface area contributed by atoms with Crippen molar-refractivity contribution in [2.75, 3.05) is 6.61 Å². The van der Waals surface area contributed by atoms with Crippen LogP contribution >= 0.6 is 9.47 Å². The predicted octanol–water partition coefficient (Wildman–Crippen LogP) is 1.98. The molecule has 0 saturated carbocycles. The molecule has 4 heteroatoms. The van der Waals surface area contributed by atoms with Crippen LogP contribution in [0.15, 0.2) is 30.5 Å². The largest absolute Gasteiger partial charge is 0.365 e. The van der Waals surface area contributed by atoms with E-state index in [0.717, 1.165) is 23.1 Å². The van der Waals surface area contributed by atoms with Crippen LogP contribution in [0.2, 0.25) is 0 Å². The van der Waals surface area contributed by atoms with Gasteiger partial charge in [0.05, 0.1) is 23.3 Å². The average molecular weight is 206 g/mol. The number of hydrogen-bond acceptors (Lipinski definition) is 3. The number of benzene rings is 1. The molecule has 0 aliphatic carbocycles. The summed E-state index contributed by atoms with van der Waals surface area (Å²) in [6.07, 6.45) is 2.59. The Morgan fingerprint density at radius 1 is 1.21 bits per heavy atom. The predicted molar refractivity (Wildman–Crippen MR) is 58.9 cm³/mol. The molecule has 14 heavy (non-hydrogen) atoms.